The first-order valence-corrected chi connectivity index (χ1v) is 6.90. The van der Waals surface area contributed by atoms with E-state index in [2.05, 4.69) is 11.1 Å². The third-order valence-electron chi connectivity index (χ3n) is 3.78. The van der Waals surface area contributed by atoms with Crippen LogP contribution in [-0.4, -0.2) is 9.55 Å². The van der Waals surface area contributed by atoms with E-state index in [9.17, 15) is 4.79 Å². The van der Waals surface area contributed by atoms with E-state index in [1.807, 2.05) is 18.2 Å². The second kappa shape index (κ2) is 4.18. The van der Waals surface area contributed by atoms with Crippen molar-refractivity contribution in [2.45, 2.75) is 13.0 Å². The van der Waals surface area contributed by atoms with Crippen LogP contribution in [-0.2, 0) is 13.0 Å². The molecule has 2 aromatic carbocycles. The molecule has 0 unspecified atom stereocenters. The minimum absolute atomic E-state index is 0.0120. The number of aromatic nitrogens is 2. The van der Waals surface area contributed by atoms with E-state index >= 15 is 0 Å². The lowest BCUT2D eigenvalue weighted by Gasteiger charge is -2.21. The van der Waals surface area contributed by atoms with Crippen LogP contribution in [0, 0.1) is 0 Å². The van der Waals surface area contributed by atoms with E-state index in [1.165, 1.54) is 5.56 Å². The Morgan fingerprint density at radius 3 is 2.90 bits per heavy atom. The number of fused-ring (bicyclic) bond motifs is 4. The minimum Gasteiger partial charge on any atom is -0.292 e. The van der Waals surface area contributed by atoms with Gasteiger partial charge in [0.25, 0.3) is 5.56 Å². The van der Waals surface area contributed by atoms with Gasteiger partial charge in [-0.15, -0.1) is 0 Å². The standard InChI is InChI=1S/C16H11ClN2O/c17-11-5-6-14-13(9-11)16(20)19-8-7-10-3-1-2-4-12(10)15(19)18-14/h1-6,9H,7-8H2. The molecule has 20 heavy (non-hydrogen) atoms. The van der Waals surface area contributed by atoms with Crippen LogP contribution in [0.5, 0.6) is 0 Å². The Labute approximate surface area is 120 Å². The molecule has 0 N–H and O–H groups in total. The zero-order chi connectivity index (χ0) is 13.7. The van der Waals surface area contributed by atoms with Crippen molar-refractivity contribution < 1.29 is 0 Å². The molecule has 2 heterocycles. The fourth-order valence-electron chi connectivity index (χ4n) is 2.79. The Hall–Kier alpha value is -2.13. The monoisotopic (exact) mass is 282 g/mol. The highest BCUT2D eigenvalue weighted by Crippen LogP contribution is 2.28. The van der Waals surface area contributed by atoms with Crippen LogP contribution in [0.1, 0.15) is 5.56 Å². The lowest BCUT2D eigenvalue weighted by atomic mass is 10.00. The van der Waals surface area contributed by atoms with Crippen LogP contribution in [0.3, 0.4) is 0 Å². The van der Waals surface area contributed by atoms with Gasteiger partial charge < -0.3 is 0 Å². The Morgan fingerprint density at radius 1 is 1.15 bits per heavy atom. The van der Waals surface area contributed by atoms with E-state index in [-0.39, 0.29) is 5.56 Å². The lowest BCUT2D eigenvalue weighted by molar-refractivity contribution is 0.652. The van der Waals surface area contributed by atoms with E-state index in [0.29, 0.717) is 22.5 Å². The molecule has 3 nitrogen and oxygen atoms in total. The van der Waals surface area contributed by atoms with Crippen LogP contribution in [0.2, 0.25) is 5.02 Å². The average Bonchev–Trinajstić information content (AvgIpc) is 2.48. The predicted molar refractivity (Wildman–Crippen MR) is 80.2 cm³/mol. The predicted octanol–water partition coefficient (Wildman–Crippen LogP) is 3.27. The molecule has 0 aliphatic carbocycles. The molecule has 0 fully saturated rings. The topological polar surface area (TPSA) is 34.9 Å². The number of halogens is 1. The van der Waals surface area contributed by atoms with Crippen molar-refractivity contribution in [1.29, 1.82) is 0 Å². The summed E-state index contributed by atoms with van der Waals surface area (Å²) in [4.78, 5) is 17.3. The molecular weight excluding hydrogens is 272 g/mol. The number of rotatable bonds is 0. The molecule has 1 aromatic heterocycles. The first kappa shape index (κ1) is 11.7. The molecule has 98 valence electrons. The maximum Gasteiger partial charge on any atom is 0.261 e. The van der Waals surface area contributed by atoms with Crippen LogP contribution in [0.15, 0.2) is 47.3 Å². The smallest absolute Gasteiger partial charge is 0.261 e. The maximum absolute atomic E-state index is 12.6. The molecule has 0 saturated carbocycles. The summed E-state index contributed by atoms with van der Waals surface area (Å²) in [5, 5.41) is 1.15. The number of nitrogens with zero attached hydrogens (tertiary/aromatic N) is 2. The Bertz CT molecular complexity index is 899. The van der Waals surface area contributed by atoms with Gasteiger partial charge in [-0.05, 0) is 30.2 Å². The number of benzene rings is 2. The van der Waals surface area contributed by atoms with Gasteiger partial charge >= 0.3 is 0 Å². The van der Waals surface area contributed by atoms with Gasteiger partial charge in [0.05, 0.1) is 10.9 Å². The molecule has 1 aliphatic rings. The largest absolute Gasteiger partial charge is 0.292 e. The minimum atomic E-state index is -0.0120. The van der Waals surface area contributed by atoms with Gasteiger partial charge in [-0.25, -0.2) is 4.98 Å². The van der Waals surface area contributed by atoms with Crippen molar-refractivity contribution in [2.75, 3.05) is 0 Å². The van der Waals surface area contributed by atoms with Crippen LogP contribution in [0.25, 0.3) is 22.3 Å². The third kappa shape index (κ3) is 1.60. The molecule has 1 aliphatic heterocycles. The summed E-state index contributed by atoms with van der Waals surface area (Å²) in [5.74, 6) is 0.756. The molecule has 0 atom stereocenters. The van der Waals surface area contributed by atoms with Crippen molar-refractivity contribution in [3.63, 3.8) is 0 Å². The summed E-state index contributed by atoms with van der Waals surface area (Å²) in [6, 6.07) is 13.4. The van der Waals surface area contributed by atoms with E-state index in [1.54, 1.807) is 22.8 Å². The Kier molecular flexibility index (Phi) is 2.44. The fourth-order valence-corrected chi connectivity index (χ4v) is 2.97. The van der Waals surface area contributed by atoms with Crippen molar-refractivity contribution >= 4 is 22.5 Å². The maximum atomic E-state index is 12.6. The zero-order valence-electron chi connectivity index (χ0n) is 10.6. The summed E-state index contributed by atoms with van der Waals surface area (Å²) in [7, 11) is 0. The zero-order valence-corrected chi connectivity index (χ0v) is 11.4. The Balaban J connectivity index is 2.12. The first-order chi connectivity index (χ1) is 9.74. The van der Waals surface area contributed by atoms with Gasteiger partial charge in [0.2, 0.25) is 0 Å². The van der Waals surface area contributed by atoms with Crippen LogP contribution < -0.4 is 5.56 Å². The van der Waals surface area contributed by atoms with Crippen LogP contribution >= 0.6 is 11.6 Å². The molecule has 0 amide bonds. The fraction of sp³-hybridized carbons (Fsp3) is 0.125. The van der Waals surface area contributed by atoms with E-state index in [0.717, 1.165) is 17.8 Å². The second-order valence-electron chi connectivity index (χ2n) is 4.96. The van der Waals surface area contributed by atoms with E-state index < -0.39 is 0 Å². The summed E-state index contributed by atoms with van der Waals surface area (Å²) in [5.41, 5.74) is 2.98. The van der Waals surface area contributed by atoms with Crippen molar-refractivity contribution in [3.8, 4) is 11.4 Å². The number of aryl methyl sites for hydroxylation is 1. The molecule has 4 rings (SSSR count). The van der Waals surface area contributed by atoms with Crippen LogP contribution in [0.4, 0.5) is 0 Å². The lowest BCUT2D eigenvalue weighted by Crippen LogP contribution is -2.27. The summed E-state index contributed by atoms with van der Waals surface area (Å²) in [6.45, 7) is 0.667. The molecule has 0 radical (unpaired) electrons. The van der Waals surface area contributed by atoms with Gasteiger partial charge in [0.1, 0.15) is 5.82 Å². The van der Waals surface area contributed by atoms with Gasteiger partial charge in [0, 0.05) is 17.1 Å². The van der Waals surface area contributed by atoms with Gasteiger partial charge in [-0.3, -0.25) is 9.36 Å². The van der Waals surface area contributed by atoms with E-state index in [4.69, 9.17) is 11.6 Å². The second-order valence-corrected chi connectivity index (χ2v) is 5.40. The van der Waals surface area contributed by atoms with Gasteiger partial charge in [0.15, 0.2) is 0 Å². The highest BCUT2D eigenvalue weighted by molar-refractivity contribution is 6.31. The number of hydrogen-bond acceptors (Lipinski definition) is 2. The third-order valence-corrected chi connectivity index (χ3v) is 4.01. The average molecular weight is 283 g/mol. The molecule has 0 spiro atoms. The summed E-state index contributed by atoms with van der Waals surface area (Å²) in [6.07, 6.45) is 0.858. The molecule has 0 bridgehead atoms. The van der Waals surface area contributed by atoms with Crippen molar-refractivity contribution in [2.24, 2.45) is 0 Å². The molecule has 0 saturated heterocycles. The molecule has 4 heteroatoms. The Morgan fingerprint density at radius 2 is 2.00 bits per heavy atom. The SMILES string of the molecule is O=c1c2cc(Cl)ccc2nc2n1CCc1ccccc1-2. The molecular formula is C16H11ClN2O. The normalized spacial score (nSPS) is 13.1. The van der Waals surface area contributed by atoms with Crippen molar-refractivity contribution in [1.82, 2.24) is 9.55 Å². The van der Waals surface area contributed by atoms with Gasteiger partial charge in [-0.2, -0.15) is 0 Å². The molecule has 3 aromatic rings. The first-order valence-electron chi connectivity index (χ1n) is 6.52. The van der Waals surface area contributed by atoms with Gasteiger partial charge in [-0.1, -0.05) is 35.9 Å². The highest BCUT2D eigenvalue weighted by atomic mass is 35.5. The van der Waals surface area contributed by atoms with Crippen molar-refractivity contribution in [3.05, 3.63) is 63.4 Å². The highest BCUT2D eigenvalue weighted by Gasteiger charge is 2.19. The summed E-state index contributed by atoms with van der Waals surface area (Å²) < 4.78 is 1.75. The summed E-state index contributed by atoms with van der Waals surface area (Å²) >= 11 is 5.98. The quantitative estimate of drug-likeness (QED) is 0.634. The number of hydrogen-bond donors (Lipinski definition) is 0.